The third-order valence-electron chi connectivity index (χ3n) is 3.52. The molecule has 0 spiro atoms. The van der Waals surface area contributed by atoms with Gasteiger partial charge in [-0.15, -0.1) is 0 Å². The maximum atomic E-state index is 8.87. The molecule has 1 unspecified atom stereocenters. The molecule has 0 radical (unpaired) electrons. The first kappa shape index (κ1) is 12.8. The number of methoxy groups -OCH3 is 1. The van der Waals surface area contributed by atoms with Crippen LogP contribution in [0.1, 0.15) is 30.3 Å². The Labute approximate surface area is 117 Å². The van der Waals surface area contributed by atoms with Gasteiger partial charge in [-0.2, -0.15) is 10.2 Å². The van der Waals surface area contributed by atoms with Crippen LogP contribution in [0, 0.1) is 17.2 Å². The van der Waals surface area contributed by atoms with Crippen molar-refractivity contribution < 1.29 is 9.26 Å². The lowest BCUT2D eigenvalue weighted by Crippen LogP contribution is -2.05. The molecule has 0 bridgehead atoms. The van der Waals surface area contributed by atoms with Crippen LogP contribution in [0.2, 0.25) is 0 Å². The maximum Gasteiger partial charge on any atom is 0.258 e. The zero-order valence-corrected chi connectivity index (χ0v) is 11.2. The smallest absolute Gasteiger partial charge is 0.258 e. The van der Waals surface area contributed by atoms with E-state index in [9.17, 15) is 0 Å². The molecule has 0 aliphatic heterocycles. The Morgan fingerprint density at radius 2 is 2.25 bits per heavy atom. The molecule has 102 valence electrons. The predicted octanol–water partition coefficient (Wildman–Crippen LogP) is 2.90. The van der Waals surface area contributed by atoms with Crippen molar-refractivity contribution in [3.8, 4) is 17.5 Å². The first-order chi connectivity index (χ1) is 9.83. The van der Waals surface area contributed by atoms with Gasteiger partial charge in [0.05, 0.1) is 12.5 Å². The molecule has 0 amide bonds. The number of rotatable bonds is 5. The van der Waals surface area contributed by atoms with Crippen molar-refractivity contribution in [3.05, 3.63) is 35.7 Å². The van der Waals surface area contributed by atoms with Gasteiger partial charge in [0.2, 0.25) is 5.82 Å². The van der Waals surface area contributed by atoms with E-state index in [1.807, 2.05) is 24.3 Å². The SMILES string of the molecule is COC(c1noc(-c2ccccc2CC#N)n1)C1CC1. The third kappa shape index (κ3) is 2.43. The number of nitrogens with zero attached hydrogens (tertiary/aromatic N) is 3. The van der Waals surface area contributed by atoms with E-state index >= 15 is 0 Å². The molecule has 1 heterocycles. The lowest BCUT2D eigenvalue weighted by atomic mass is 10.1. The van der Waals surface area contributed by atoms with Crippen LogP contribution in [0.4, 0.5) is 0 Å². The molecule has 1 aromatic carbocycles. The van der Waals surface area contributed by atoms with Crippen LogP contribution in [-0.2, 0) is 11.2 Å². The van der Waals surface area contributed by atoms with Gasteiger partial charge in [0.1, 0.15) is 6.10 Å². The average Bonchev–Trinajstić information content (AvgIpc) is 3.18. The van der Waals surface area contributed by atoms with E-state index < -0.39 is 0 Å². The second kappa shape index (κ2) is 5.43. The van der Waals surface area contributed by atoms with Gasteiger partial charge in [-0.05, 0) is 30.4 Å². The molecule has 0 saturated heterocycles. The fourth-order valence-electron chi connectivity index (χ4n) is 2.34. The molecule has 20 heavy (non-hydrogen) atoms. The van der Waals surface area contributed by atoms with Crippen LogP contribution in [0.25, 0.3) is 11.5 Å². The van der Waals surface area contributed by atoms with Crippen molar-refractivity contribution in [2.24, 2.45) is 5.92 Å². The fraction of sp³-hybridized carbons (Fsp3) is 0.400. The highest BCUT2D eigenvalue weighted by Gasteiger charge is 2.35. The molecule has 2 aromatic rings. The number of hydrogen-bond acceptors (Lipinski definition) is 5. The Hall–Kier alpha value is -2.19. The minimum absolute atomic E-state index is 0.0874. The van der Waals surface area contributed by atoms with Crippen molar-refractivity contribution >= 4 is 0 Å². The molecule has 3 rings (SSSR count). The Kier molecular flexibility index (Phi) is 3.48. The van der Waals surface area contributed by atoms with Gasteiger partial charge in [-0.25, -0.2) is 0 Å². The Morgan fingerprint density at radius 3 is 2.95 bits per heavy atom. The summed E-state index contributed by atoms with van der Waals surface area (Å²) in [5.41, 5.74) is 1.71. The van der Waals surface area contributed by atoms with Gasteiger partial charge in [0.25, 0.3) is 5.89 Å². The van der Waals surface area contributed by atoms with E-state index in [1.54, 1.807) is 7.11 Å². The Balaban J connectivity index is 1.92. The first-order valence-electron chi connectivity index (χ1n) is 6.65. The number of aromatic nitrogens is 2. The Bertz CT molecular complexity index is 641. The van der Waals surface area contributed by atoms with Crippen LogP contribution < -0.4 is 0 Å². The summed E-state index contributed by atoms with van der Waals surface area (Å²) in [6.07, 6.45) is 2.53. The summed E-state index contributed by atoms with van der Waals surface area (Å²) in [5.74, 6) is 1.55. The minimum Gasteiger partial charge on any atom is -0.373 e. The lowest BCUT2D eigenvalue weighted by Gasteiger charge is -2.08. The summed E-state index contributed by atoms with van der Waals surface area (Å²) in [7, 11) is 1.67. The second-order valence-corrected chi connectivity index (χ2v) is 4.94. The van der Waals surface area contributed by atoms with Gasteiger partial charge < -0.3 is 9.26 Å². The molecule has 1 aliphatic carbocycles. The summed E-state index contributed by atoms with van der Waals surface area (Å²) in [5, 5.41) is 12.9. The monoisotopic (exact) mass is 269 g/mol. The molecule has 1 aliphatic rings. The van der Waals surface area contributed by atoms with Gasteiger partial charge in [-0.1, -0.05) is 23.4 Å². The second-order valence-electron chi connectivity index (χ2n) is 4.94. The van der Waals surface area contributed by atoms with Crippen LogP contribution in [0.5, 0.6) is 0 Å². The first-order valence-corrected chi connectivity index (χ1v) is 6.65. The van der Waals surface area contributed by atoms with Crippen molar-refractivity contribution in [2.45, 2.75) is 25.4 Å². The summed E-state index contributed by atoms with van der Waals surface area (Å²) >= 11 is 0. The minimum atomic E-state index is -0.0874. The topological polar surface area (TPSA) is 71.9 Å². The highest BCUT2D eigenvalue weighted by molar-refractivity contribution is 5.59. The van der Waals surface area contributed by atoms with Gasteiger partial charge in [0, 0.05) is 12.7 Å². The highest BCUT2D eigenvalue weighted by Crippen LogP contribution is 2.42. The molecule has 5 nitrogen and oxygen atoms in total. The maximum absolute atomic E-state index is 8.87. The van der Waals surface area contributed by atoms with E-state index in [0.29, 0.717) is 24.1 Å². The molecular formula is C15H15N3O2. The van der Waals surface area contributed by atoms with Gasteiger partial charge in [-0.3, -0.25) is 0 Å². The summed E-state index contributed by atoms with van der Waals surface area (Å²) < 4.78 is 10.8. The zero-order valence-electron chi connectivity index (χ0n) is 11.2. The van der Waals surface area contributed by atoms with Crippen LogP contribution in [0.15, 0.2) is 28.8 Å². The van der Waals surface area contributed by atoms with Crippen molar-refractivity contribution in [1.82, 2.24) is 10.1 Å². The normalized spacial score (nSPS) is 15.8. The average molecular weight is 269 g/mol. The van der Waals surface area contributed by atoms with E-state index in [1.165, 1.54) is 0 Å². The number of benzene rings is 1. The molecule has 1 fully saturated rings. The largest absolute Gasteiger partial charge is 0.373 e. The summed E-state index contributed by atoms with van der Waals surface area (Å²) in [6.45, 7) is 0. The Morgan fingerprint density at radius 1 is 1.45 bits per heavy atom. The van der Waals surface area contributed by atoms with Crippen LogP contribution in [0.3, 0.4) is 0 Å². The van der Waals surface area contributed by atoms with E-state index in [0.717, 1.165) is 24.0 Å². The van der Waals surface area contributed by atoms with Crippen molar-refractivity contribution in [3.63, 3.8) is 0 Å². The molecular weight excluding hydrogens is 254 g/mol. The van der Waals surface area contributed by atoms with Gasteiger partial charge >= 0.3 is 0 Å². The zero-order chi connectivity index (χ0) is 13.9. The van der Waals surface area contributed by atoms with Crippen molar-refractivity contribution in [1.29, 1.82) is 5.26 Å². The van der Waals surface area contributed by atoms with Crippen LogP contribution in [-0.4, -0.2) is 17.3 Å². The summed E-state index contributed by atoms with van der Waals surface area (Å²) in [4.78, 5) is 4.44. The van der Waals surface area contributed by atoms with Crippen molar-refractivity contribution in [2.75, 3.05) is 7.11 Å². The number of hydrogen-bond donors (Lipinski definition) is 0. The molecule has 1 saturated carbocycles. The fourth-order valence-corrected chi connectivity index (χ4v) is 2.34. The van der Waals surface area contributed by atoms with E-state index in [2.05, 4.69) is 16.2 Å². The highest BCUT2D eigenvalue weighted by atomic mass is 16.5. The van der Waals surface area contributed by atoms with Crippen LogP contribution >= 0.6 is 0 Å². The van der Waals surface area contributed by atoms with Gasteiger partial charge in [0.15, 0.2) is 0 Å². The summed E-state index contributed by atoms with van der Waals surface area (Å²) in [6, 6.07) is 9.74. The molecule has 1 aromatic heterocycles. The standard InChI is InChI=1S/C15H15N3O2/c1-19-13(11-6-7-11)14-17-15(20-18-14)12-5-3-2-4-10(12)8-9-16/h2-5,11,13H,6-8H2,1H3. The third-order valence-corrected chi connectivity index (χ3v) is 3.52. The predicted molar refractivity (Wildman–Crippen MR) is 71.5 cm³/mol. The molecule has 1 atom stereocenters. The van der Waals surface area contributed by atoms with E-state index in [-0.39, 0.29) is 6.10 Å². The quantitative estimate of drug-likeness (QED) is 0.834. The van der Waals surface area contributed by atoms with E-state index in [4.69, 9.17) is 14.5 Å². The number of nitriles is 1. The molecule has 0 N–H and O–H groups in total. The molecule has 5 heteroatoms. The lowest BCUT2D eigenvalue weighted by molar-refractivity contribution is 0.0751. The number of ether oxygens (including phenoxy) is 1.